The zero-order valence-corrected chi connectivity index (χ0v) is 20.2. The highest BCUT2D eigenvalue weighted by atomic mass is 32.1. The lowest BCUT2D eigenvalue weighted by atomic mass is 10.00. The van der Waals surface area contributed by atoms with Crippen LogP contribution in [0, 0.1) is 5.92 Å². The topological polar surface area (TPSA) is 156 Å². The Morgan fingerprint density at radius 1 is 1.09 bits per heavy atom. The fraction of sp³-hybridized carbons (Fsp3) is 0.381. The highest BCUT2D eigenvalue weighted by molar-refractivity contribution is 7.49. The number of nitrogens with one attached hydrogen (secondary N) is 2. The van der Waals surface area contributed by atoms with Gasteiger partial charge in [-0.1, -0.05) is 38.1 Å². The Morgan fingerprint density at radius 2 is 1.73 bits per heavy atom. The van der Waals surface area contributed by atoms with Gasteiger partial charge in [0.25, 0.3) is 0 Å². The number of carboxylic acid groups (broad SMARTS) is 1. The average Bonchev–Trinajstić information content (AvgIpc) is 3.24. The molecule has 0 bridgehead atoms. The van der Waals surface area contributed by atoms with Crippen LogP contribution in [0.4, 0.5) is 0 Å². The van der Waals surface area contributed by atoms with Gasteiger partial charge in [0.1, 0.15) is 12.1 Å². The zero-order chi connectivity index (χ0) is 24.8. The van der Waals surface area contributed by atoms with E-state index in [0.29, 0.717) is 10.2 Å². The van der Waals surface area contributed by atoms with Crippen molar-refractivity contribution in [3.63, 3.8) is 0 Å². The minimum Gasteiger partial charge on any atom is -0.480 e. The molecule has 0 aliphatic carbocycles. The summed E-state index contributed by atoms with van der Waals surface area (Å²) in [4.78, 5) is 55.5. The number of aliphatic carboxylic acids is 1. The van der Waals surface area contributed by atoms with Crippen molar-refractivity contribution in [1.82, 2.24) is 15.3 Å². The van der Waals surface area contributed by atoms with Crippen LogP contribution in [0.3, 0.4) is 0 Å². The average molecular weight is 498 g/mol. The molecular weight excluding hydrogens is 469 g/mol. The summed E-state index contributed by atoms with van der Waals surface area (Å²) in [5.41, 5.74) is 2.70. The van der Waals surface area contributed by atoms with Gasteiger partial charge in [-0.25, -0.2) is 9.36 Å². The predicted octanol–water partition coefficient (Wildman–Crippen LogP) is 2.04. The number of carbonyl (C=O) groups excluding carboxylic acids is 2. The molecule has 1 heterocycles. The number of carbonyl (C=O) groups is 3. The quantitative estimate of drug-likeness (QED) is 0.233. The van der Waals surface area contributed by atoms with Crippen LogP contribution < -0.4 is 10.6 Å². The van der Waals surface area contributed by atoms with E-state index in [4.69, 9.17) is 0 Å². The summed E-state index contributed by atoms with van der Waals surface area (Å²) >= 11 is 1.57. The number of rotatable bonds is 11. The van der Waals surface area contributed by atoms with Gasteiger partial charge in [0.05, 0.1) is 6.67 Å². The summed E-state index contributed by atoms with van der Waals surface area (Å²) in [5, 5.41) is 18.3. The SMILES string of the molecule is CC(=O)NCN(C(C(=O)NC(Cc1ccc(-c2ccsc2)cc1)C(=O)O)C(C)C)P(=O)(O)O. The molecule has 0 saturated carbocycles. The number of nitrogens with zero attached hydrogens (tertiary/aromatic N) is 1. The van der Waals surface area contributed by atoms with Gasteiger partial charge in [0.15, 0.2) is 0 Å². The van der Waals surface area contributed by atoms with Crippen LogP contribution in [0.2, 0.25) is 0 Å². The molecule has 0 aliphatic rings. The van der Waals surface area contributed by atoms with Crippen LogP contribution in [0.15, 0.2) is 41.1 Å². The van der Waals surface area contributed by atoms with Gasteiger partial charge in [-0.3, -0.25) is 9.59 Å². The highest BCUT2D eigenvalue weighted by Gasteiger charge is 2.40. The number of carboxylic acids is 1. The van der Waals surface area contributed by atoms with E-state index < -0.39 is 50.2 Å². The van der Waals surface area contributed by atoms with Crippen LogP contribution in [-0.2, 0) is 25.4 Å². The summed E-state index contributed by atoms with van der Waals surface area (Å²) in [6, 6.07) is 6.54. The number of amides is 2. The fourth-order valence-electron chi connectivity index (χ4n) is 3.28. The zero-order valence-electron chi connectivity index (χ0n) is 18.5. The molecule has 1 aromatic carbocycles. The normalized spacial score (nSPS) is 13.5. The molecule has 2 amide bonds. The van der Waals surface area contributed by atoms with Crippen molar-refractivity contribution in [2.75, 3.05) is 6.67 Å². The predicted molar refractivity (Wildman–Crippen MR) is 124 cm³/mol. The second-order valence-electron chi connectivity index (χ2n) is 7.85. The molecule has 1 aromatic heterocycles. The third kappa shape index (κ3) is 7.76. The van der Waals surface area contributed by atoms with E-state index in [-0.39, 0.29) is 6.42 Å². The number of hydrogen-bond acceptors (Lipinski definition) is 5. The van der Waals surface area contributed by atoms with Crippen molar-refractivity contribution < 1.29 is 33.8 Å². The van der Waals surface area contributed by atoms with Crippen molar-refractivity contribution in [1.29, 1.82) is 0 Å². The van der Waals surface area contributed by atoms with E-state index in [9.17, 15) is 33.8 Å². The Kier molecular flexibility index (Phi) is 9.33. The van der Waals surface area contributed by atoms with E-state index in [0.717, 1.165) is 11.1 Å². The van der Waals surface area contributed by atoms with E-state index in [1.807, 2.05) is 29.0 Å². The maximum absolute atomic E-state index is 13.0. The Hall–Kier alpha value is -2.56. The Bertz CT molecular complexity index is 1010. The van der Waals surface area contributed by atoms with Crippen molar-refractivity contribution in [3.8, 4) is 11.1 Å². The molecule has 12 heteroatoms. The minimum atomic E-state index is -4.95. The van der Waals surface area contributed by atoms with E-state index in [1.54, 1.807) is 37.3 Å². The molecule has 0 spiro atoms. The maximum atomic E-state index is 13.0. The van der Waals surface area contributed by atoms with E-state index >= 15 is 0 Å². The van der Waals surface area contributed by atoms with Crippen LogP contribution >= 0.6 is 19.1 Å². The van der Waals surface area contributed by atoms with Gasteiger partial charge in [-0.2, -0.15) is 16.0 Å². The van der Waals surface area contributed by atoms with Crippen molar-refractivity contribution in [3.05, 3.63) is 46.7 Å². The van der Waals surface area contributed by atoms with Crippen molar-refractivity contribution in [2.45, 2.75) is 39.3 Å². The molecule has 5 N–H and O–H groups in total. The third-order valence-corrected chi connectivity index (χ3v) is 6.65. The molecule has 2 aromatic rings. The van der Waals surface area contributed by atoms with Crippen LogP contribution in [-0.4, -0.2) is 56.1 Å². The lowest BCUT2D eigenvalue weighted by molar-refractivity contribution is -0.142. The van der Waals surface area contributed by atoms with Crippen LogP contribution in [0.5, 0.6) is 0 Å². The van der Waals surface area contributed by atoms with Gasteiger partial charge in [-0.05, 0) is 39.4 Å². The van der Waals surface area contributed by atoms with Gasteiger partial charge in [-0.15, -0.1) is 0 Å². The molecule has 0 radical (unpaired) electrons. The molecule has 0 aliphatic heterocycles. The third-order valence-electron chi connectivity index (χ3n) is 4.91. The highest BCUT2D eigenvalue weighted by Crippen LogP contribution is 2.42. The van der Waals surface area contributed by atoms with Crippen LogP contribution in [0.25, 0.3) is 11.1 Å². The largest absolute Gasteiger partial charge is 0.480 e. The second kappa shape index (κ2) is 11.5. The van der Waals surface area contributed by atoms with E-state index in [1.165, 1.54) is 6.92 Å². The Labute approximate surface area is 195 Å². The first kappa shape index (κ1) is 26.7. The summed E-state index contributed by atoms with van der Waals surface area (Å²) in [6.07, 6.45) is -0.0165. The molecule has 2 unspecified atom stereocenters. The lowest BCUT2D eigenvalue weighted by Gasteiger charge is -2.33. The Morgan fingerprint density at radius 3 is 2.18 bits per heavy atom. The number of benzene rings is 1. The molecule has 180 valence electrons. The van der Waals surface area contributed by atoms with Crippen molar-refractivity contribution >= 4 is 36.9 Å². The lowest BCUT2D eigenvalue weighted by Crippen LogP contribution is -2.55. The summed E-state index contributed by atoms with van der Waals surface area (Å²) < 4.78 is 12.6. The molecule has 2 atom stereocenters. The summed E-state index contributed by atoms with van der Waals surface area (Å²) in [6.45, 7) is 3.74. The standard InChI is InChI=1S/C21H28N3O7PS/c1-13(2)19(24(32(29,30)31)12-22-14(3)25)20(26)23-18(21(27)28)10-15-4-6-16(7-5-15)17-8-9-33-11-17/h4-9,11,13,18-19H,10,12H2,1-3H3,(H,22,25)(H,23,26)(H,27,28)(H2,29,30,31). The molecule has 33 heavy (non-hydrogen) atoms. The monoisotopic (exact) mass is 497 g/mol. The number of hydrogen-bond donors (Lipinski definition) is 5. The number of thiophene rings is 1. The second-order valence-corrected chi connectivity index (χ2v) is 10.2. The first-order valence-corrected chi connectivity index (χ1v) is 12.6. The first-order chi connectivity index (χ1) is 15.4. The van der Waals surface area contributed by atoms with Crippen molar-refractivity contribution in [2.24, 2.45) is 5.92 Å². The van der Waals surface area contributed by atoms with Gasteiger partial charge in [0, 0.05) is 13.3 Å². The minimum absolute atomic E-state index is 0.0165. The van der Waals surface area contributed by atoms with Gasteiger partial charge < -0.3 is 25.5 Å². The first-order valence-electron chi connectivity index (χ1n) is 10.1. The molecule has 0 fully saturated rings. The molecule has 0 saturated heterocycles. The Balaban J connectivity index is 2.19. The van der Waals surface area contributed by atoms with E-state index in [2.05, 4.69) is 10.6 Å². The summed E-state index contributed by atoms with van der Waals surface area (Å²) in [7, 11) is -4.95. The van der Waals surface area contributed by atoms with Gasteiger partial charge >= 0.3 is 13.7 Å². The fourth-order valence-corrected chi connectivity index (χ4v) is 4.90. The molecular formula is C21H28N3O7PS. The molecule has 2 rings (SSSR count). The van der Waals surface area contributed by atoms with Crippen LogP contribution in [0.1, 0.15) is 26.3 Å². The summed E-state index contributed by atoms with van der Waals surface area (Å²) in [5.74, 6) is -3.27. The smallest absolute Gasteiger partial charge is 0.405 e. The molecule has 10 nitrogen and oxygen atoms in total. The maximum Gasteiger partial charge on any atom is 0.405 e. The van der Waals surface area contributed by atoms with Gasteiger partial charge in [0.2, 0.25) is 11.8 Å².